The second-order valence-electron chi connectivity index (χ2n) is 17.1. The zero-order valence-corrected chi connectivity index (χ0v) is 35.7. The third kappa shape index (κ3) is 13.8. The van der Waals surface area contributed by atoms with Gasteiger partial charge in [-0.1, -0.05) is 57.9 Å². The molecule has 0 unspecified atom stereocenters. The van der Waals surface area contributed by atoms with E-state index in [1.165, 1.54) is 17.1 Å². The first-order valence-electron chi connectivity index (χ1n) is 21.2. The molecular weight excluding hydrogens is 746 g/mol. The molecule has 10 atom stereocenters. The molecule has 326 valence electrons. The van der Waals surface area contributed by atoms with Crippen molar-refractivity contribution in [3.63, 3.8) is 0 Å². The molecular formula is C44H69N3O11. The number of carbonyl (C=O) groups is 4. The number of imide groups is 1. The van der Waals surface area contributed by atoms with Gasteiger partial charge in [0.1, 0.15) is 11.7 Å². The molecule has 2 saturated heterocycles. The van der Waals surface area contributed by atoms with Gasteiger partial charge < -0.3 is 39.2 Å². The number of esters is 1. The average molecular weight is 816 g/mol. The number of cyclic esters (lactones) is 1. The Morgan fingerprint density at radius 1 is 1.07 bits per heavy atom. The van der Waals surface area contributed by atoms with E-state index in [4.69, 9.17) is 18.9 Å². The second-order valence-corrected chi connectivity index (χ2v) is 17.1. The van der Waals surface area contributed by atoms with Crippen molar-refractivity contribution in [1.29, 1.82) is 0 Å². The molecule has 4 rings (SSSR count). The molecule has 0 aliphatic carbocycles. The lowest BCUT2D eigenvalue weighted by molar-refractivity contribution is -0.151. The van der Waals surface area contributed by atoms with Crippen LogP contribution in [0.5, 0.6) is 0 Å². The smallest absolute Gasteiger partial charge is 0.410 e. The summed E-state index contributed by atoms with van der Waals surface area (Å²) in [6.07, 6.45) is 12.9. The van der Waals surface area contributed by atoms with Gasteiger partial charge in [-0.3, -0.25) is 24.2 Å². The van der Waals surface area contributed by atoms with E-state index in [2.05, 4.69) is 4.90 Å². The third-order valence-electron chi connectivity index (χ3n) is 12.2. The largest absolute Gasteiger partial charge is 0.457 e. The first kappa shape index (κ1) is 47.3. The van der Waals surface area contributed by atoms with Crippen LogP contribution in [0.4, 0.5) is 4.79 Å². The lowest BCUT2D eigenvalue weighted by Gasteiger charge is -2.38. The molecule has 4 aliphatic heterocycles. The van der Waals surface area contributed by atoms with Crippen molar-refractivity contribution < 1.29 is 53.4 Å². The Morgan fingerprint density at radius 3 is 2.36 bits per heavy atom. The van der Waals surface area contributed by atoms with Crippen LogP contribution in [-0.4, -0.2) is 148 Å². The van der Waals surface area contributed by atoms with Crippen LogP contribution in [0.15, 0.2) is 48.1 Å². The number of hydrogen-bond acceptors (Lipinski definition) is 12. The molecule has 0 spiro atoms. The molecule has 0 aromatic rings. The summed E-state index contributed by atoms with van der Waals surface area (Å²) in [4.78, 5) is 55.4. The maximum absolute atomic E-state index is 13.6. The molecule has 0 radical (unpaired) electrons. The standard InChI is InChI=1S/C44H69N3O11/c1-8-34(49)32(4)41-35(56-41)29-43(5,54)20-13-14-30(2)40-31(3)15-16-36(44(6,55-7)21-19-33(48)28-39(52)58-40)57-42(53)46-26-24-45(25-27-46)22-11-9-10-12-23-47-37(50)17-18-38(47)51/h13-18,20,31-36,40-41,48-49,54H,8-12,19,21-29H2,1-7H3/b16-15-,20-13+,30-14+/t31-,32+,33+,34-,35-,36-,40+,41-,43-,44+/m0/s1. The molecule has 3 amide bonds. The van der Waals surface area contributed by atoms with Crippen LogP contribution in [-0.2, 0) is 33.3 Å². The van der Waals surface area contributed by atoms with Crippen molar-refractivity contribution >= 4 is 23.9 Å². The molecule has 14 nitrogen and oxygen atoms in total. The van der Waals surface area contributed by atoms with Crippen LogP contribution in [0.25, 0.3) is 0 Å². The van der Waals surface area contributed by atoms with E-state index in [9.17, 15) is 34.5 Å². The minimum Gasteiger partial charge on any atom is -0.457 e. The van der Waals surface area contributed by atoms with Crippen molar-refractivity contribution in [1.82, 2.24) is 14.7 Å². The Balaban J connectivity index is 1.34. The third-order valence-corrected chi connectivity index (χ3v) is 12.2. The molecule has 4 aliphatic rings. The number of allylic oxidation sites excluding steroid dienone is 2. The van der Waals surface area contributed by atoms with Gasteiger partial charge >= 0.3 is 12.1 Å². The lowest BCUT2D eigenvalue weighted by atomic mass is 9.88. The first-order chi connectivity index (χ1) is 27.5. The Bertz CT molecular complexity index is 1500. The fraction of sp³-hybridized carbons (Fsp3) is 0.727. The van der Waals surface area contributed by atoms with Gasteiger partial charge in [0, 0.05) is 70.2 Å². The Hall–Kier alpha value is -3.40. The zero-order valence-electron chi connectivity index (χ0n) is 35.7. The zero-order chi connectivity index (χ0) is 42.6. The molecule has 0 saturated carbocycles. The molecule has 58 heavy (non-hydrogen) atoms. The molecule has 4 heterocycles. The summed E-state index contributed by atoms with van der Waals surface area (Å²) in [5.74, 6) is -1.39. The number of carbonyl (C=O) groups excluding carboxylic acids is 4. The average Bonchev–Trinajstić information content (AvgIpc) is 3.87. The van der Waals surface area contributed by atoms with E-state index in [0.717, 1.165) is 37.8 Å². The van der Waals surface area contributed by atoms with Crippen LogP contribution in [0.1, 0.15) is 99.3 Å². The second kappa shape index (κ2) is 21.7. The van der Waals surface area contributed by atoms with Crippen LogP contribution in [0.3, 0.4) is 0 Å². The highest BCUT2D eigenvalue weighted by molar-refractivity contribution is 6.12. The number of unbranched alkanes of at least 4 members (excludes halogenated alkanes) is 3. The van der Waals surface area contributed by atoms with Crippen molar-refractivity contribution in [2.45, 2.75) is 147 Å². The van der Waals surface area contributed by atoms with E-state index in [1.807, 2.05) is 40.7 Å². The van der Waals surface area contributed by atoms with Crippen LogP contribution >= 0.6 is 0 Å². The Labute approximate surface area is 344 Å². The minimum atomic E-state index is -1.17. The molecule has 2 fully saturated rings. The minimum absolute atomic E-state index is 0.0195. The molecule has 0 aromatic heterocycles. The van der Waals surface area contributed by atoms with E-state index >= 15 is 0 Å². The van der Waals surface area contributed by atoms with Gasteiger partial charge in [0.2, 0.25) is 0 Å². The number of ether oxygens (including phenoxy) is 4. The number of methoxy groups -OCH3 is 1. The number of hydrogen-bond donors (Lipinski definition) is 3. The summed E-state index contributed by atoms with van der Waals surface area (Å²) in [5, 5.41) is 32.1. The summed E-state index contributed by atoms with van der Waals surface area (Å²) in [5.41, 5.74) is -1.44. The van der Waals surface area contributed by atoms with Gasteiger partial charge in [-0.15, -0.1) is 0 Å². The van der Waals surface area contributed by atoms with Gasteiger partial charge in [0.15, 0.2) is 6.10 Å². The highest BCUT2D eigenvalue weighted by Crippen LogP contribution is 2.38. The van der Waals surface area contributed by atoms with Crippen LogP contribution < -0.4 is 0 Å². The quantitative estimate of drug-likeness (QED) is 0.0470. The van der Waals surface area contributed by atoms with Crippen LogP contribution in [0.2, 0.25) is 0 Å². The van der Waals surface area contributed by atoms with Gasteiger partial charge in [-0.05, 0) is 71.1 Å². The van der Waals surface area contributed by atoms with E-state index in [1.54, 1.807) is 43.2 Å². The van der Waals surface area contributed by atoms with Crippen molar-refractivity contribution in [2.75, 3.05) is 46.4 Å². The Kier molecular flexibility index (Phi) is 17.7. The number of nitrogens with zero attached hydrogens (tertiary/aromatic N) is 3. The van der Waals surface area contributed by atoms with Gasteiger partial charge in [0.25, 0.3) is 11.8 Å². The first-order valence-corrected chi connectivity index (χ1v) is 21.2. The summed E-state index contributed by atoms with van der Waals surface area (Å²) in [7, 11) is 1.55. The van der Waals surface area contributed by atoms with E-state index < -0.39 is 47.7 Å². The van der Waals surface area contributed by atoms with Gasteiger partial charge in [-0.2, -0.15) is 0 Å². The molecule has 14 heteroatoms. The predicted octanol–water partition coefficient (Wildman–Crippen LogP) is 4.47. The number of epoxide rings is 1. The fourth-order valence-corrected chi connectivity index (χ4v) is 7.96. The Morgan fingerprint density at radius 2 is 1.72 bits per heavy atom. The number of amides is 3. The highest BCUT2D eigenvalue weighted by Gasteiger charge is 2.47. The fourth-order valence-electron chi connectivity index (χ4n) is 7.96. The SMILES string of the molecule is CC[C@H](O)[C@@H](C)[C@@H]1O[C@H]1C[C@@](C)(O)/C=C/C=C(\C)[C@H]1OC(=O)C[C@H](O)CC[C@@](C)(OC)[C@@H](OC(=O)N2CCN(CCCCCCN3C(=O)C=CC3=O)CC2)/C=C\[C@@H]1C. The topological polar surface area (TPSA) is 179 Å². The summed E-state index contributed by atoms with van der Waals surface area (Å²) in [6, 6.07) is 0. The number of piperazine rings is 1. The maximum atomic E-state index is 13.6. The van der Waals surface area contributed by atoms with Crippen molar-refractivity contribution in [3.8, 4) is 0 Å². The monoisotopic (exact) mass is 815 g/mol. The number of rotatable bonds is 17. The molecule has 3 N–H and O–H groups in total. The predicted molar refractivity (Wildman–Crippen MR) is 218 cm³/mol. The van der Waals surface area contributed by atoms with E-state index in [-0.39, 0.29) is 48.7 Å². The lowest BCUT2D eigenvalue weighted by Crippen LogP contribution is -2.51. The summed E-state index contributed by atoms with van der Waals surface area (Å²) in [6.45, 7) is 15.0. The summed E-state index contributed by atoms with van der Waals surface area (Å²) >= 11 is 0. The van der Waals surface area contributed by atoms with Crippen molar-refractivity contribution in [2.24, 2.45) is 11.8 Å². The van der Waals surface area contributed by atoms with Crippen LogP contribution in [0, 0.1) is 11.8 Å². The number of aliphatic hydroxyl groups is 3. The molecule has 0 bridgehead atoms. The van der Waals surface area contributed by atoms with Crippen molar-refractivity contribution in [3.05, 3.63) is 48.1 Å². The summed E-state index contributed by atoms with van der Waals surface area (Å²) < 4.78 is 23.9. The number of aliphatic hydroxyl groups excluding tert-OH is 2. The van der Waals surface area contributed by atoms with Gasteiger partial charge in [0.05, 0.1) is 36.4 Å². The normalized spacial score (nSPS) is 31.7. The van der Waals surface area contributed by atoms with E-state index in [0.29, 0.717) is 52.0 Å². The highest BCUT2D eigenvalue weighted by atomic mass is 16.6. The molecule has 0 aromatic carbocycles. The van der Waals surface area contributed by atoms with Gasteiger partial charge in [-0.25, -0.2) is 4.79 Å². The maximum Gasteiger partial charge on any atom is 0.410 e.